The summed E-state index contributed by atoms with van der Waals surface area (Å²) in [6.45, 7) is 5.97. The van der Waals surface area contributed by atoms with Crippen molar-refractivity contribution in [1.82, 2.24) is 19.7 Å². The van der Waals surface area contributed by atoms with E-state index < -0.39 is 5.97 Å². The molecule has 29 heavy (non-hydrogen) atoms. The lowest BCUT2D eigenvalue weighted by atomic mass is 10.2. The fraction of sp³-hybridized carbons (Fsp3) is 0.286. The number of hydrogen-bond acceptors (Lipinski definition) is 5. The number of aromatic nitrogens is 4. The van der Waals surface area contributed by atoms with Crippen LogP contribution in [0.15, 0.2) is 40.4 Å². The summed E-state index contributed by atoms with van der Waals surface area (Å²) >= 11 is 1.05. The van der Waals surface area contributed by atoms with E-state index in [-0.39, 0.29) is 4.91 Å². The topological polar surface area (TPSA) is 87.0 Å². The van der Waals surface area contributed by atoms with Gasteiger partial charge in [0.25, 0.3) is 0 Å². The van der Waals surface area contributed by atoms with E-state index in [2.05, 4.69) is 48.9 Å². The summed E-state index contributed by atoms with van der Waals surface area (Å²) in [7, 11) is 4.01. The van der Waals surface area contributed by atoms with Gasteiger partial charge in [0.05, 0.1) is 0 Å². The van der Waals surface area contributed by atoms with Crippen LogP contribution in [0.4, 0.5) is 5.69 Å². The first-order chi connectivity index (χ1) is 13.8. The monoisotopic (exact) mass is 411 g/mol. The minimum Gasteiger partial charge on any atom is -0.477 e. The summed E-state index contributed by atoms with van der Waals surface area (Å²) in [6.07, 6.45) is 2.40. The maximum Gasteiger partial charge on any atom is 0.342 e. The van der Waals surface area contributed by atoms with Crippen molar-refractivity contribution in [2.24, 2.45) is 0 Å². The first kappa shape index (κ1) is 20.7. The molecule has 0 spiro atoms. The van der Waals surface area contributed by atoms with Crippen LogP contribution in [0.2, 0.25) is 0 Å². The molecule has 152 valence electrons. The molecule has 3 rings (SSSR count). The largest absolute Gasteiger partial charge is 0.477 e. The molecular formula is C21H25N5O2S. The van der Waals surface area contributed by atoms with Gasteiger partial charge in [-0.2, -0.15) is 0 Å². The van der Waals surface area contributed by atoms with Crippen molar-refractivity contribution in [2.45, 2.75) is 32.3 Å². The van der Waals surface area contributed by atoms with Gasteiger partial charge >= 0.3 is 5.97 Å². The van der Waals surface area contributed by atoms with Gasteiger partial charge in [0.1, 0.15) is 10.7 Å². The van der Waals surface area contributed by atoms with Crippen molar-refractivity contribution in [3.8, 4) is 5.69 Å². The van der Waals surface area contributed by atoms with Crippen LogP contribution in [0.5, 0.6) is 0 Å². The highest BCUT2D eigenvalue weighted by Gasteiger charge is 2.16. The third-order valence-electron chi connectivity index (χ3n) is 4.64. The van der Waals surface area contributed by atoms with Crippen LogP contribution >= 0.6 is 11.8 Å². The maximum atomic E-state index is 11.8. The molecule has 0 fully saturated rings. The second kappa shape index (κ2) is 8.57. The predicted molar refractivity (Wildman–Crippen MR) is 117 cm³/mol. The number of anilines is 1. The molecule has 0 unspecified atom stereocenters. The van der Waals surface area contributed by atoms with Crippen molar-refractivity contribution < 1.29 is 9.90 Å². The van der Waals surface area contributed by atoms with E-state index >= 15 is 0 Å². The molecule has 3 aromatic rings. The van der Waals surface area contributed by atoms with Crippen molar-refractivity contribution in [1.29, 1.82) is 0 Å². The van der Waals surface area contributed by atoms with Crippen LogP contribution in [-0.4, -0.2) is 44.9 Å². The number of nitrogens with one attached hydrogen (secondary N) is 1. The summed E-state index contributed by atoms with van der Waals surface area (Å²) in [5.74, 6) is -0.269. The minimum absolute atomic E-state index is 0.176. The molecule has 0 aliphatic carbocycles. The van der Waals surface area contributed by atoms with Gasteiger partial charge in [-0.25, -0.2) is 9.78 Å². The number of nitrogens with zero attached hydrogens (tertiary/aromatic N) is 4. The third kappa shape index (κ3) is 4.54. The summed E-state index contributed by atoms with van der Waals surface area (Å²) in [4.78, 5) is 18.3. The summed E-state index contributed by atoms with van der Waals surface area (Å²) in [6, 6.07) is 10.3. The Hall–Kier alpha value is -3.00. The maximum absolute atomic E-state index is 11.8. The number of carboxylic acid groups (broad SMARTS) is 1. The Morgan fingerprint density at radius 1 is 1.28 bits per heavy atom. The minimum atomic E-state index is -1.00. The molecule has 0 bridgehead atoms. The number of hydrogen-bond donors (Lipinski definition) is 2. The number of carbonyl (C=O) groups is 1. The first-order valence-corrected chi connectivity index (χ1v) is 10.1. The zero-order chi connectivity index (χ0) is 21.1. The molecule has 8 heteroatoms. The van der Waals surface area contributed by atoms with Crippen LogP contribution in [0.25, 0.3) is 11.8 Å². The van der Waals surface area contributed by atoms with Gasteiger partial charge in [0.2, 0.25) is 5.16 Å². The molecule has 2 heterocycles. The van der Waals surface area contributed by atoms with Gasteiger partial charge in [-0.3, -0.25) is 5.10 Å². The highest BCUT2D eigenvalue weighted by molar-refractivity contribution is 8.04. The van der Waals surface area contributed by atoms with Gasteiger partial charge in [-0.1, -0.05) is 6.92 Å². The predicted octanol–water partition coefficient (Wildman–Crippen LogP) is 4.06. The van der Waals surface area contributed by atoms with Crippen LogP contribution in [0.1, 0.15) is 29.7 Å². The van der Waals surface area contributed by atoms with Crippen molar-refractivity contribution >= 4 is 29.5 Å². The summed E-state index contributed by atoms with van der Waals surface area (Å²) in [5.41, 5.74) is 5.03. The smallest absolute Gasteiger partial charge is 0.342 e. The van der Waals surface area contributed by atoms with Gasteiger partial charge < -0.3 is 14.6 Å². The van der Waals surface area contributed by atoms with Crippen molar-refractivity contribution in [3.05, 3.63) is 58.0 Å². The number of thioether (sulfide) groups is 1. The zero-order valence-corrected chi connectivity index (χ0v) is 18.0. The molecule has 0 radical (unpaired) electrons. The first-order valence-electron chi connectivity index (χ1n) is 9.31. The summed E-state index contributed by atoms with van der Waals surface area (Å²) in [5, 5.41) is 17.0. The Kier molecular flexibility index (Phi) is 6.12. The number of aryl methyl sites for hydroxylation is 2. The molecule has 0 aliphatic rings. The molecule has 2 aromatic heterocycles. The molecule has 0 saturated heterocycles. The summed E-state index contributed by atoms with van der Waals surface area (Å²) < 4.78 is 2.12. The number of benzene rings is 1. The van der Waals surface area contributed by atoms with Crippen LogP contribution < -0.4 is 4.90 Å². The lowest BCUT2D eigenvalue weighted by Crippen LogP contribution is -2.08. The van der Waals surface area contributed by atoms with Gasteiger partial charge in [-0.05, 0) is 67.6 Å². The average molecular weight is 412 g/mol. The Balaban J connectivity index is 1.95. The quantitative estimate of drug-likeness (QED) is 0.450. The normalized spacial score (nSPS) is 11.7. The Bertz CT molecular complexity index is 1050. The fourth-order valence-corrected chi connectivity index (χ4v) is 3.80. The zero-order valence-electron chi connectivity index (χ0n) is 17.2. The number of rotatable bonds is 7. The van der Waals surface area contributed by atoms with E-state index in [4.69, 9.17) is 0 Å². The number of H-pyrrole nitrogens is 1. The number of aliphatic carboxylic acids is 1. The second-order valence-electron chi connectivity index (χ2n) is 6.91. The average Bonchev–Trinajstić information content (AvgIpc) is 3.25. The molecule has 0 atom stereocenters. The Labute approximate surface area is 174 Å². The van der Waals surface area contributed by atoms with Gasteiger partial charge in [0.15, 0.2) is 0 Å². The highest BCUT2D eigenvalue weighted by Crippen LogP contribution is 2.29. The lowest BCUT2D eigenvalue weighted by Gasteiger charge is -2.15. The highest BCUT2D eigenvalue weighted by atomic mass is 32.2. The molecule has 1 aromatic carbocycles. The van der Waals surface area contributed by atoms with E-state index in [1.54, 1.807) is 6.08 Å². The van der Waals surface area contributed by atoms with Crippen molar-refractivity contribution in [2.75, 3.05) is 19.0 Å². The van der Waals surface area contributed by atoms with Crippen LogP contribution in [0.3, 0.4) is 0 Å². The lowest BCUT2D eigenvalue weighted by molar-refractivity contribution is -0.131. The van der Waals surface area contributed by atoms with E-state index in [1.807, 2.05) is 40.9 Å². The SMILES string of the molecule is CCc1nc(S/C(=C/c2cc(C)n(-c3ccc(N(C)C)cc3)c2C)C(=O)O)n[nH]1. The van der Waals surface area contributed by atoms with E-state index in [0.717, 1.165) is 45.9 Å². The van der Waals surface area contributed by atoms with Crippen LogP contribution in [-0.2, 0) is 11.2 Å². The number of carboxylic acids is 1. The third-order valence-corrected chi connectivity index (χ3v) is 5.52. The number of aromatic amines is 1. The second-order valence-corrected chi connectivity index (χ2v) is 7.92. The van der Waals surface area contributed by atoms with Gasteiger partial charge in [-0.15, -0.1) is 5.10 Å². The molecule has 0 aliphatic heterocycles. The van der Waals surface area contributed by atoms with E-state index in [1.165, 1.54) is 0 Å². The Morgan fingerprint density at radius 3 is 2.52 bits per heavy atom. The fourth-order valence-electron chi connectivity index (χ4n) is 3.09. The Morgan fingerprint density at radius 2 is 1.97 bits per heavy atom. The molecule has 2 N–H and O–H groups in total. The van der Waals surface area contributed by atoms with Crippen LogP contribution in [0, 0.1) is 13.8 Å². The molecular weight excluding hydrogens is 386 g/mol. The molecule has 0 saturated carbocycles. The van der Waals surface area contributed by atoms with Crippen molar-refractivity contribution in [3.63, 3.8) is 0 Å². The molecule has 0 amide bonds. The van der Waals surface area contributed by atoms with Gasteiger partial charge in [0, 0.05) is 43.3 Å². The van der Waals surface area contributed by atoms with E-state index in [9.17, 15) is 9.90 Å². The standard InChI is InChI=1S/C21H25N5O2S/c1-6-19-22-21(24-23-19)29-18(20(27)28)12-15-11-13(2)26(14(15)3)17-9-7-16(8-10-17)25(4)5/h7-12H,6H2,1-5H3,(H,27,28)(H,22,23,24)/b18-12+. The molecule has 7 nitrogen and oxygen atoms in total. The van der Waals surface area contributed by atoms with E-state index in [0.29, 0.717) is 11.6 Å².